The van der Waals surface area contributed by atoms with Crippen molar-refractivity contribution in [3.05, 3.63) is 38.9 Å². The number of halogens is 1. The van der Waals surface area contributed by atoms with Crippen LogP contribution in [0.4, 0.5) is 5.69 Å². The van der Waals surface area contributed by atoms with Gasteiger partial charge in [0.15, 0.2) is 0 Å². The Hall–Kier alpha value is -2.15. The zero-order chi connectivity index (χ0) is 17.1. The van der Waals surface area contributed by atoms with Crippen molar-refractivity contribution in [2.24, 2.45) is 11.8 Å². The third kappa shape index (κ3) is 3.98. The van der Waals surface area contributed by atoms with E-state index in [1.807, 2.05) is 6.92 Å². The summed E-state index contributed by atoms with van der Waals surface area (Å²) in [4.78, 5) is 35.2. The van der Waals surface area contributed by atoms with Crippen molar-refractivity contribution < 1.29 is 19.6 Å². The maximum absolute atomic E-state index is 12.3. The number of carboxylic acids is 1. The summed E-state index contributed by atoms with van der Waals surface area (Å²) in [6.45, 7) is 2.60. The number of nitro benzene ring substituents is 1. The van der Waals surface area contributed by atoms with Crippen LogP contribution in [0, 0.1) is 22.0 Å². The van der Waals surface area contributed by atoms with Gasteiger partial charge in [-0.05, 0) is 17.9 Å². The van der Waals surface area contributed by atoms with E-state index in [-0.39, 0.29) is 29.0 Å². The highest BCUT2D eigenvalue weighted by Gasteiger charge is 2.33. The van der Waals surface area contributed by atoms with Gasteiger partial charge in [0.25, 0.3) is 5.69 Å². The van der Waals surface area contributed by atoms with Crippen LogP contribution in [0.5, 0.6) is 0 Å². The molecule has 1 aromatic rings. The summed E-state index contributed by atoms with van der Waals surface area (Å²) in [7, 11) is 0. The number of carbonyl (C=O) groups excluding carboxylic acids is 1. The lowest BCUT2D eigenvalue weighted by Gasteiger charge is -2.35. The monoisotopic (exact) mass is 340 g/mol. The Kier molecular flexibility index (Phi) is 5.20. The molecule has 1 saturated heterocycles. The highest BCUT2D eigenvalue weighted by Crippen LogP contribution is 2.26. The van der Waals surface area contributed by atoms with Crippen molar-refractivity contribution in [1.82, 2.24) is 4.90 Å². The number of carbonyl (C=O) groups is 2. The van der Waals surface area contributed by atoms with Gasteiger partial charge >= 0.3 is 5.97 Å². The zero-order valence-electron chi connectivity index (χ0n) is 12.6. The summed E-state index contributed by atoms with van der Waals surface area (Å²) in [6, 6.07) is 4.02. The Morgan fingerprint density at radius 1 is 1.48 bits per heavy atom. The second-order valence-corrected chi connectivity index (χ2v) is 6.17. The first kappa shape index (κ1) is 17.2. The molecule has 0 radical (unpaired) electrons. The molecule has 2 atom stereocenters. The van der Waals surface area contributed by atoms with Gasteiger partial charge < -0.3 is 10.0 Å². The topological polar surface area (TPSA) is 101 Å². The SMILES string of the molecule is CC1CN(C(=O)Cc2ccc([N+](=O)[O-])cc2Cl)CCC1C(=O)O. The van der Waals surface area contributed by atoms with E-state index in [0.29, 0.717) is 25.1 Å². The molecule has 8 heteroatoms. The number of nitro groups is 1. The van der Waals surface area contributed by atoms with Crippen molar-refractivity contribution >= 4 is 29.2 Å². The number of nitrogens with zero attached hydrogens (tertiary/aromatic N) is 2. The van der Waals surface area contributed by atoms with Gasteiger partial charge in [0, 0.05) is 25.2 Å². The van der Waals surface area contributed by atoms with Gasteiger partial charge in [0.2, 0.25) is 5.91 Å². The summed E-state index contributed by atoms with van der Waals surface area (Å²) in [5.74, 6) is -1.53. The van der Waals surface area contributed by atoms with Crippen LogP contribution in [0.1, 0.15) is 18.9 Å². The van der Waals surface area contributed by atoms with Crippen molar-refractivity contribution in [3.8, 4) is 0 Å². The average molecular weight is 341 g/mol. The van der Waals surface area contributed by atoms with Gasteiger partial charge in [-0.3, -0.25) is 19.7 Å². The number of piperidine rings is 1. The molecule has 2 rings (SSSR count). The number of rotatable bonds is 4. The Balaban J connectivity index is 2.03. The van der Waals surface area contributed by atoms with E-state index < -0.39 is 16.8 Å². The van der Waals surface area contributed by atoms with Crippen molar-refractivity contribution in [1.29, 1.82) is 0 Å². The molecule has 0 aromatic heterocycles. The van der Waals surface area contributed by atoms with Crippen LogP contribution in [-0.2, 0) is 16.0 Å². The van der Waals surface area contributed by atoms with E-state index in [2.05, 4.69) is 0 Å². The van der Waals surface area contributed by atoms with Crippen LogP contribution in [-0.4, -0.2) is 39.9 Å². The molecule has 23 heavy (non-hydrogen) atoms. The number of carboxylic acid groups (broad SMARTS) is 1. The largest absolute Gasteiger partial charge is 0.481 e. The summed E-state index contributed by atoms with van der Waals surface area (Å²) < 4.78 is 0. The molecule has 0 aliphatic carbocycles. The average Bonchev–Trinajstić information content (AvgIpc) is 2.48. The van der Waals surface area contributed by atoms with Crippen LogP contribution in [0.2, 0.25) is 5.02 Å². The summed E-state index contributed by atoms with van der Waals surface area (Å²) >= 11 is 6.00. The second-order valence-electron chi connectivity index (χ2n) is 5.76. The summed E-state index contributed by atoms with van der Waals surface area (Å²) in [5.41, 5.74) is 0.400. The minimum Gasteiger partial charge on any atom is -0.481 e. The lowest BCUT2D eigenvalue weighted by atomic mass is 9.87. The molecule has 2 unspecified atom stereocenters. The van der Waals surface area contributed by atoms with Crippen LogP contribution >= 0.6 is 11.6 Å². The maximum Gasteiger partial charge on any atom is 0.306 e. The van der Waals surface area contributed by atoms with Crippen LogP contribution in [0.25, 0.3) is 0 Å². The molecule has 1 fully saturated rings. The fraction of sp³-hybridized carbons (Fsp3) is 0.467. The minimum absolute atomic E-state index is 0.0429. The van der Waals surface area contributed by atoms with E-state index in [1.54, 1.807) is 4.90 Å². The predicted octanol–water partition coefficient (Wildman–Crippen LogP) is 2.36. The second kappa shape index (κ2) is 6.95. The standard InChI is InChI=1S/C15H17ClN2O5/c1-9-8-17(5-4-12(9)15(20)21)14(19)6-10-2-3-11(18(22)23)7-13(10)16/h2-3,7,9,12H,4-6,8H2,1H3,(H,20,21). The number of hydrogen-bond donors (Lipinski definition) is 1. The highest BCUT2D eigenvalue weighted by atomic mass is 35.5. The van der Waals surface area contributed by atoms with Crippen molar-refractivity contribution in [2.45, 2.75) is 19.8 Å². The Morgan fingerprint density at radius 2 is 2.17 bits per heavy atom. The third-order valence-corrected chi connectivity index (χ3v) is 4.52. The number of likely N-dealkylation sites (tertiary alicyclic amines) is 1. The molecule has 124 valence electrons. The first-order valence-electron chi connectivity index (χ1n) is 7.23. The number of non-ortho nitro benzene ring substituents is 1. The highest BCUT2D eigenvalue weighted by molar-refractivity contribution is 6.31. The molecular weight excluding hydrogens is 324 g/mol. The van der Waals surface area contributed by atoms with Gasteiger partial charge in [-0.25, -0.2) is 0 Å². The third-order valence-electron chi connectivity index (χ3n) is 4.16. The smallest absolute Gasteiger partial charge is 0.306 e. The van der Waals surface area contributed by atoms with Crippen LogP contribution in [0.3, 0.4) is 0 Å². The van der Waals surface area contributed by atoms with Crippen LogP contribution in [0.15, 0.2) is 18.2 Å². The van der Waals surface area contributed by atoms with E-state index in [4.69, 9.17) is 16.7 Å². The van der Waals surface area contributed by atoms with Gasteiger partial charge in [-0.2, -0.15) is 0 Å². The first-order valence-corrected chi connectivity index (χ1v) is 7.60. The van der Waals surface area contributed by atoms with Gasteiger partial charge in [0.1, 0.15) is 0 Å². The Labute approximate surface area is 138 Å². The van der Waals surface area contributed by atoms with Gasteiger partial charge in [-0.1, -0.05) is 24.6 Å². The molecule has 7 nitrogen and oxygen atoms in total. The van der Waals surface area contributed by atoms with Crippen LogP contribution < -0.4 is 0 Å². The fourth-order valence-corrected chi connectivity index (χ4v) is 3.05. The molecule has 1 aliphatic heterocycles. The molecule has 1 aliphatic rings. The van der Waals surface area contributed by atoms with Crippen molar-refractivity contribution in [3.63, 3.8) is 0 Å². The molecule has 1 N–H and O–H groups in total. The molecular formula is C15H17ClN2O5. The van der Waals surface area contributed by atoms with E-state index >= 15 is 0 Å². The molecule has 1 aromatic carbocycles. The van der Waals surface area contributed by atoms with E-state index in [1.165, 1.54) is 18.2 Å². The van der Waals surface area contributed by atoms with Gasteiger partial charge in [0.05, 0.1) is 22.3 Å². The predicted molar refractivity (Wildman–Crippen MR) is 83.3 cm³/mol. The molecule has 0 saturated carbocycles. The van der Waals surface area contributed by atoms with E-state index in [9.17, 15) is 19.7 Å². The Morgan fingerprint density at radius 3 is 2.70 bits per heavy atom. The number of aliphatic carboxylic acids is 1. The van der Waals surface area contributed by atoms with E-state index in [0.717, 1.165) is 0 Å². The maximum atomic E-state index is 12.3. The number of amides is 1. The molecule has 1 heterocycles. The van der Waals surface area contributed by atoms with Crippen molar-refractivity contribution in [2.75, 3.05) is 13.1 Å². The minimum atomic E-state index is -0.831. The lowest BCUT2D eigenvalue weighted by Crippen LogP contribution is -2.45. The first-order chi connectivity index (χ1) is 10.8. The quantitative estimate of drug-likeness (QED) is 0.669. The zero-order valence-corrected chi connectivity index (χ0v) is 13.3. The molecule has 0 spiro atoms. The summed E-state index contributed by atoms with van der Waals surface area (Å²) in [5, 5.41) is 20.0. The van der Waals surface area contributed by atoms with Gasteiger partial charge in [-0.15, -0.1) is 0 Å². The lowest BCUT2D eigenvalue weighted by molar-refractivity contribution is -0.384. The number of benzene rings is 1. The Bertz CT molecular complexity index is 649. The summed E-state index contributed by atoms with van der Waals surface area (Å²) in [6.07, 6.45) is 0.470. The molecule has 1 amide bonds. The number of hydrogen-bond acceptors (Lipinski definition) is 4. The normalized spacial score (nSPS) is 21.0. The fourth-order valence-electron chi connectivity index (χ4n) is 2.81. The molecule has 0 bridgehead atoms.